The van der Waals surface area contributed by atoms with Crippen molar-refractivity contribution in [1.82, 2.24) is 19.1 Å². The van der Waals surface area contributed by atoms with Crippen LogP contribution in [0.3, 0.4) is 0 Å². The molecule has 0 bridgehead atoms. The summed E-state index contributed by atoms with van der Waals surface area (Å²) < 4.78 is 45.1. The number of aromatic nitrogens is 4. The molecule has 5 rings (SSSR count). The van der Waals surface area contributed by atoms with E-state index in [-0.39, 0.29) is 28.2 Å². The maximum Gasteiger partial charge on any atom is 0.333 e. The Hall–Kier alpha value is -4.51. The number of aryl methyl sites for hydroxylation is 2. The SMILES string of the molecule is CCCCn1c(=O)n(Cc2ccccc2F)c(=O)c2[nH]c(Cc3ccc(NS(=O)(=O)c4ccccc4C)cc3)nc21. The van der Waals surface area contributed by atoms with Gasteiger partial charge >= 0.3 is 5.69 Å². The van der Waals surface area contributed by atoms with Gasteiger partial charge in [-0.3, -0.25) is 18.7 Å². The van der Waals surface area contributed by atoms with Crippen molar-refractivity contribution in [3.8, 4) is 0 Å². The predicted octanol–water partition coefficient (Wildman–Crippen LogP) is 4.57. The Labute approximate surface area is 236 Å². The average molecular weight is 576 g/mol. The van der Waals surface area contributed by atoms with Crippen LogP contribution in [0.2, 0.25) is 0 Å². The van der Waals surface area contributed by atoms with E-state index in [9.17, 15) is 22.4 Å². The Morgan fingerprint density at radius 2 is 1.66 bits per heavy atom. The van der Waals surface area contributed by atoms with Crippen molar-refractivity contribution in [3.05, 3.63) is 122 Å². The molecule has 0 aliphatic carbocycles. The molecular weight excluding hydrogens is 545 g/mol. The lowest BCUT2D eigenvalue weighted by atomic mass is 10.1. The van der Waals surface area contributed by atoms with Gasteiger partial charge in [0.15, 0.2) is 5.65 Å². The Balaban J connectivity index is 1.44. The molecule has 2 aromatic heterocycles. The first-order valence-electron chi connectivity index (χ1n) is 13.3. The molecule has 0 aliphatic rings. The van der Waals surface area contributed by atoms with Gasteiger partial charge in [-0.05, 0) is 48.7 Å². The lowest BCUT2D eigenvalue weighted by Crippen LogP contribution is -2.40. The normalized spacial score (nSPS) is 11.7. The number of fused-ring (bicyclic) bond motifs is 1. The highest BCUT2D eigenvalue weighted by atomic mass is 32.2. The number of aromatic amines is 1. The van der Waals surface area contributed by atoms with Crippen LogP contribution >= 0.6 is 0 Å². The minimum atomic E-state index is -3.75. The number of nitrogens with one attached hydrogen (secondary N) is 2. The van der Waals surface area contributed by atoms with E-state index >= 15 is 0 Å². The fraction of sp³-hybridized carbons (Fsp3) is 0.233. The van der Waals surface area contributed by atoms with Gasteiger partial charge in [-0.25, -0.2) is 22.6 Å². The Morgan fingerprint density at radius 1 is 0.951 bits per heavy atom. The molecule has 0 fully saturated rings. The zero-order valence-electron chi connectivity index (χ0n) is 22.7. The standard InChI is InChI=1S/C30H30FN5O4S/c1-3-4-17-35-28-27(29(37)36(30(35)38)19-22-10-6-7-11-24(22)31)32-26(33-28)18-21-13-15-23(16-14-21)34-41(39,40)25-12-8-5-9-20(25)2/h5-16,34H,3-4,17-19H2,1-2H3,(H,32,33). The highest BCUT2D eigenvalue weighted by Gasteiger charge is 2.19. The molecule has 11 heteroatoms. The van der Waals surface area contributed by atoms with Crippen molar-refractivity contribution in [2.45, 2.75) is 51.1 Å². The molecule has 0 atom stereocenters. The highest BCUT2D eigenvalue weighted by Crippen LogP contribution is 2.20. The topological polar surface area (TPSA) is 119 Å². The summed E-state index contributed by atoms with van der Waals surface area (Å²) in [6, 6.07) is 19.7. The van der Waals surface area contributed by atoms with Gasteiger partial charge in [-0.2, -0.15) is 0 Å². The maximum absolute atomic E-state index is 14.3. The monoisotopic (exact) mass is 575 g/mol. The number of halogens is 1. The van der Waals surface area contributed by atoms with Crippen molar-refractivity contribution in [2.75, 3.05) is 4.72 Å². The summed E-state index contributed by atoms with van der Waals surface area (Å²) in [5.41, 5.74) is 1.44. The van der Waals surface area contributed by atoms with Crippen LogP contribution in [-0.2, 0) is 29.5 Å². The zero-order valence-corrected chi connectivity index (χ0v) is 23.5. The molecule has 9 nitrogen and oxygen atoms in total. The molecule has 0 spiro atoms. The number of imidazole rings is 1. The van der Waals surface area contributed by atoms with E-state index in [1.54, 1.807) is 73.7 Å². The number of benzene rings is 3. The van der Waals surface area contributed by atoms with E-state index in [4.69, 9.17) is 0 Å². The van der Waals surface area contributed by atoms with Crippen LogP contribution in [0.4, 0.5) is 10.1 Å². The third-order valence-corrected chi connectivity index (χ3v) is 8.43. The first-order chi connectivity index (χ1) is 19.7. The van der Waals surface area contributed by atoms with Gasteiger partial charge in [0.2, 0.25) is 0 Å². The van der Waals surface area contributed by atoms with E-state index in [0.717, 1.165) is 16.6 Å². The molecule has 2 heterocycles. The molecular formula is C30H30FN5O4S. The Bertz CT molecular complexity index is 1940. The van der Waals surface area contributed by atoms with Gasteiger partial charge in [0.05, 0.1) is 11.4 Å². The van der Waals surface area contributed by atoms with Crippen molar-refractivity contribution < 1.29 is 12.8 Å². The van der Waals surface area contributed by atoms with E-state index in [1.807, 2.05) is 6.92 Å². The largest absolute Gasteiger partial charge is 0.336 e. The number of hydrogen-bond donors (Lipinski definition) is 2. The number of hydrogen-bond acceptors (Lipinski definition) is 5. The summed E-state index contributed by atoms with van der Waals surface area (Å²) >= 11 is 0. The van der Waals surface area contributed by atoms with Crippen LogP contribution in [0.15, 0.2) is 87.3 Å². The zero-order chi connectivity index (χ0) is 29.1. The minimum absolute atomic E-state index is 0.176. The fourth-order valence-corrected chi connectivity index (χ4v) is 6.01. The summed E-state index contributed by atoms with van der Waals surface area (Å²) in [6.07, 6.45) is 1.85. The summed E-state index contributed by atoms with van der Waals surface area (Å²) in [4.78, 5) is 34.6. The molecule has 3 aromatic carbocycles. The van der Waals surface area contributed by atoms with Gasteiger partial charge in [-0.15, -0.1) is 0 Å². The molecule has 212 valence electrons. The second-order valence-corrected chi connectivity index (χ2v) is 11.5. The van der Waals surface area contributed by atoms with Crippen LogP contribution in [0.25, 0.3) is 11.2 Å². The molecule has 41 heavy (non-hydrogen) atoms. The molecule has 0 unspecified atom stereocenters. The van der Waals surface area contributed by atoms with Gasteiger partial charge in [-0.1, -0.05) is 61.9 Å². The smallest absolute Gasteiger partial charge is 0.333 e. The lowest BCUT2D eigenvalue weighted by Gasteiger charge is -2.11. The number of rotatable bonds is 10. The fourth-order valence-electron chi connectivity index (χ4n) is 4.70. The van der Waals surface area contributed by atoms with E-state index in [0.29, 0.717) is 36.5 Å². The third-order valence-electron chi connectivity index (χ3n) is 6.89. The number of anilines is 1. The average Bonchev–Trinajstić information content (AvgIpc) is 3.37. The van der Waals surface area contributed by atoms with Crippen molar-refractivity contribution >= 4 is 26.9 Å². The summed E-state index contributed by atoms with van der Waals surface area (Å²) in [5, 5.41) is 0. The summed E-state index contributed by atoms with van der Waals surface area (Å²) in [5.74, 6) is -0.0208. The van der Waals surface area contributed by atoms with Gasteiger partial charge in [0.1, 0.15) is 17.2 Å². The van der Waals surface area contributed by atoms with E-state index in [2.05, 4.69) is 14.7 Å². The number of sulfonamides is 1. The van der Waals surface area contributed by atoms with Crippen molar-refractivity contribution in [1.29, 1.82) is 0 Å². The van der Waals surface area contributed by atoms with Gasteiger partial charge in [0, 0.05) is 24.2 Å². The quantitative estimate of drug-likeness (QED) is 0.253. The summed E-state index contributed by atoms with van der Waals surface area (Å²) in [7, 11) is -3.75. The van der Waals surface area contributed by atoms with Crippen LogP contribution in [0.5, 0.6) is 0 Å². The first kappa shape index (κ1) is 28.0. The first-order valence-corrected chi connectivity index (χ1v) is 14.8. The van der Waals surface area contributed by atoms with Crippen LogP contribution in [0.1, 0.15) is 42.3 Å². The molecule has 2 N–H and O–H groups in total. The second-order valence-electron chi connectivity index (χ2n) is 9.90. The molecule has 0 aliphatic heterocycles. The van der Waals surface area contributed by atoms with Crippen LogP contribution < -0.4 is 16.0 Å². The molecule has 0 saturated heterocycles. The second kappa shape index (κ2) is 11.5. The number of unbranched alkanes of at least 4 members (excludes halogenated alkanes) is 1. The van der Waals surface area contributed by atoms with Gasteiger partial charge in [0.25, 0.3) is 15.6 Å². The van der Waals surface area contributed by atoms with Crippen LogP contribution in [0, 0.1) is 12.7 Å². The molecule has 0 radical (unpaired) electrons. The van der Waals surface area contributed by atoms with E-state index in [1.165, 1.54) is 10.6 Å². The molecule has 5 aromatic rings. The number of nitrogens with zero attached hydrogens (tertiary/aromatic N) is 3. The lowest BCUT2D eigenvalue weighted by molar-refractivity contribution is 0.553. The third kappa shape index (κ3) is 5.85. The van der Waals surface area contributed by atoms with Crippen molar-refractivity contribution in [3.63, 3.8) is 0 Å². The van der Waals surface area contributed by atoms with Crippen LogP contribution in [-0.4, -0.2) is 27.5 Å². The van der Waals surface area contributed by atoms with E-state index < -0.39 is 27.1 Å². The predicted molar refractivity (Wildman–Crippen MR) is 156 cm³/mol. The minimum Gasteiger partial charge on any atom is -0.336 e. The summed E-state index contributed by atoms with van der Waals surface area (Å²) in [6.45, 7) is 3.91. The Kier molecular flexibility index (Phi) is 7.89. The van der Waals surface area contributed by atoms with Crippen molar-refractivity contribution in [2.24, 2.45) is 0 Å². The molecule has 0 amide bonds. The molecule has 0 saturated carbocycles. The number of H-pyrrole nitrogens is 1. The Morgan fingerprint density at radius 3 is 2.37 bits per heavy atom. The highest BCUT2D eigenvalue weighted by molar-refractivity contribution is 7.92. The maximum atomic E-state index is 14.3. The van der Waals surface area contributed by atoms with Gasteiger partial charge < -0.3 is 4.98 Å².